The summed E-state index contributed by atoms with van der Waals surface area (Å²) in [5, 5.41) is 21.7. The molecule has 0 amide bonds. The predicted octanol–water partition coefficient (Wildman–Crippen LogP) is -0.0644. The van der Waals surface area contributed by atoms with Gasteiger partial charge in [0.25, 0.3) is 5.69 Å². The van der Waals surface area contributed by atoms with Gasteiger partial charge in [0.05, 0.1) is 15.9 Å². The number of hydrogen-bond donors (Lipinski definition) is 1. The summed E-state index contributed by atoms with van der Waals surface area (Å²) < 4.78 is 29.9. The lowest BCUT2D eigenvalue weighted by Crippen LogP contribution is -2.29. The molecule has 19 heavy (non-hydrogen) atoms. The smallest absolute Gasteiger partial charge is 0.258 e. The number of nitro groups is 2. The second-order valence-corrected chi connectivity index (χ2v) is 4.27. The number of rotatable bonds is 3. The second kappa shape index (κ2) is 4.39. The van der Waals surface area contributed by atoms with Crippen molar-refractivity contribution in [3.8, 4) is 0 Å². The third-order valence-corrected chi connectivity index (χ3v) is 2.58. The highest BCUT2D eigenvalue weighted by atomic mass is 32.3. The molecule has 2 rings (SSSR count). The van der Waals surface area contributed by atoms with Gasteiger partial charge < -0.3 is 0 Å². The molecule has 1 aromatic carbocycles. The summed E-state index contributed by atoms with van der Waals surface area (Å²) in [6, 6.07) is 2.54. The van der Waals surface area contributed by atoms with Gasteiger partial charge in [-0.25, -0.2) is 0 Å². The molecule has 0 aliphatic carbocycles. The maximum absolute atomic E-state index is 10.8. The van der Waals surface area contributed by atoms with Gasteiger partial charge in [-0.1, -0.05) is 5.59 Å². The van der Waals surface area contributed by atoms with E-state index in [9.17, 15) is 28.6 Å². The third-order valence-electron chi connectivity index (χ3n) is 1.97. The lowest BCUT2D eigenvalue weighted by atomic mass is 10.2. The minimum atomic E-state index is -4.35. The number of nitro benzene ring substituents is 2. The van der Waals surface area contributed by atoms with Crippen molar-refractivity contribution in [3.05, 3.63) is 38.4 Å². The lowest BCUT2D eigenvalue weighted by molar-refractivity contribution is -0.393. The molecule has 12 nitrogen and oxygen atoms in total. The van der Waals surface area contributed by atoms with Crippen molar-refractivity contribution < 1.29 is 26.8 Å². The number of benzene rings is 1. The zero-order chi connectivity index (χ0) is 14.2. The molecule has 0 bridgehead atoms. The minimum absolute atomic E-state index is 0.358. The van der Waals surface area contributed by atoms with E-state index in [0.29, 0.717) is 11.2 Å². The molecule has 102 valence electrons. The first kappa shape index (κ1) is 13.1. The van der Waals surface area contributed by atoms with Gasteiger partial charge in [0.15, 0.2) is 5.69 Å². The van der Waals surface area contributed by atoms with Crippen LogP contribution in [0.3, 0.4) is 0 Å². The standard InChI is InChI=1S/C6H4N4O8S/c11-9(12)4-1-2-5(6(3-4)10(13)14)8-7-17-19(15,16)18-8/h1-3,7H. The van der Waals surface area contributed by atoms with Crippen LogP contribution < -0.4 is 10.8 Å². The van der Waals surface area contributed by atoms with Crippen molar-refractivity contribution in [2.75, 3.05) is 5.17 Å². The monoisotopic (exact) mass is 292 g/mol. The van der Waals surface area contributed by atoms with Gasteiger partial charge in [-0.2, -0.15) is 8.42 Å². The highest BCUT2D eigenvalue weighted by Crippen LogP contribution is 2.33. The molecular formula is C6H4N4O8S. The van der Waals surface area contributed by atoms with Crippen molar-refractivity contribution in [2.24, 2.45) is 0 Å². The summed E-state index contributed by atoms with van der Waals surface area (Å²) in [4.78, 5) is 19.5. The Morgan fingerprint density at radius 2 is 1.89 bits per heavy atom. The van der Waals surface area contributed by atoms with Crippen LogP contribution in [0.1, 0.15) is 0 Å². The van der Waals surface area contributed by atoms with E-state index in [2.05, 4.69) is 8.57 Å². The van der Waals surface area contributed by atoms with Crippen molar-refractivity contribution >= 4 is 27.5 Å². The van der Waals surface area contributed by atoms with E-state index in [-0.39, 0.29) is 5.69 Å². The number of non-ortho nitro benzene ring substituents is 1. The van der Waals surface area contributed by atoms with Gasteiger partial charge in [-0.15, -0.1) is 13.7 Å². The van der Waals surface area contributed by atoms with Gasteiger partial charge in [0.1, 0.15) is 0 Å². The van der Waals surface area contributed by atoms with Gasteiger partial charge in [-0.3, -0.25) is 20.2 Å². The SMILES string of the molecule is O=[N+]([O-])c1ccc(N2NOS(=O)(=O)O2)c([N+](=O)[O-])c1. The molecule has 13 heteroatoms. The molecular weight excluding hydrogens is 288 g/mol. The molecule has 1 fully saturated rings. The van der Waals surface area contributed by atoms with Crippen molar-refractivity contribution in [2.45, 2.75) is 0 Å². The second-order valence-electron chi connectivity index (χ2n) is 3.14. The summed E-state index contributed by atoms with van der Waals surface area (Å²) in [7, 11) is -4.35. The predicted molar refractivity (Wildman–Crippen MR) is 56.5 cm³/mol. The molecule has 0 radical (unpaired) electrons. The zero-order valence-corrected chi connectivity index (χ0v) is 9.56. The van der Waals surface area contributed by atoms with Gasteiger partial charge >= 0.3 is 16.1 Å². The Bertz CT molecular complexity index is 657. The fourth-order valence-corrected chi connectivity index (χ4v) is 1.72. The molecule has 0 atom stereocenters. The van der Waals surface area contributed by atoms with Crippen molar-refractivity contribution in [1.82, 2.24) is 5.59 Å². The Labute approximate surface area is 104 Å². The first-order chi connectivity index (χ1) is 8.80. The molecule has 1 aromatic rings. The average molecular weight is 292 g/mol. The van der Waals surface area contributed by atoms with Crippen LogP contribution in [0.15, 0.2) is 18.2 Å². The third kappa shape index (κ3) is 2.58. The van der Waals surface area contributed by atoms with Crippen LogP contribution in [0.5, 0.6) is 0 Å². The molecule has 0 unspecified atom stereocenters. The average Bonchev–Trinajstić information content (AvgIpc) is 2.68. The van der Waals surface area contributed by atoms with E-state index >= 15 is 0 Å². The fraction of sp³-hybridized carbons (Fsp3) is 0. The van der Waals surface area contributed by atoms with Crippen LogP contribution in [0, 0.1) is 20.2 Å². The summed E-state index contributed by atoms with van der Waals surface area (Å²) in [6.07, 6.45) is 0. The maximum Gasteiger partial charge on any atom is 0.440 e. The molecule has 0 aromatic heterocycles. The molecule has 1 heterocycles. The normalized spacial score (nSPS) is 17.4. The molecule has 0 spiro atoms. The summed E-state index contributed by atoms with van der Waals surface area (Å²) >= 11 is 0. The Morgan fingerprint density at radius 3 is 2.37 bits per heavy atom. The molecule has 1 saturated heterocycles. The van der Waals surface area contributed by atoms with Crippen LogP contribution in [0.4, 0.5) is 17.1 Å². The Kier molecular flexibility index (Phi) is 3.03. The molecule has 1 aliphatic heterocycles. The van der Waals surface area contributed by atoms with Crippen LogP contribution in [-0.2, 0) is 19.0 Å². The number of hydrogen-bond acceptors (Lipinski definition) is 10. The van der Waals surface area contributed by atoms with E-state index in [1.54, 1.807) is 5.59 Å². The zero-order valence-electron chi connectivity index (χ0n) is 8.75. The summed E-state index contributed by atoms with van der Waals surface area (Å²) in [6.45, 7) is 0. The van der Waals surface area contributed by atoms with Crippen molar-refractivity contribution in [1.29, 1.82) is 0 Å². The summed E-state index contributed by atoms with van der Waals surface area (Å²) in [5.74, 6) is 0. The first-order valence-electron chi connectivity index (χ1n) is 4.42. The highest BCUT2D eigenvalue weighted by molar-refractivity contribution is 7.82. The topological polar surface area (TPSA) is 154 Å². The maximum atomic E-state index is 10.8. The number of hydrazine groups is 1. The van der Waals surface area contributed by atoms with Crippen LogP contribution in [-0.4, -0.2) is 18.3 Å². The first-order valence-corrected chi connectivity index (χ1v) is 5.75. The van der Waals surface area contributed by atoms with E-state index in [0.717, 1.165) is 12.1 Å². The van der Waals surface area contributed by atoms with E-state index < -0.39 is 31.6 Å². The number of anilines is 1. The highest BCUT2D eigenvalue weighted by Gasteiger charge is 2.34. The van der Waals surface area contributed by atoms with Gasteiger partial charge in [-0.05, 0) is 6.07 Å². The minimum Gasteiger partial charge on any atom is -0.258 e. The Balaban J connectivity index is 2.46. The largest absolute Gasteiger partial charge is 0.440 e. The molecule has 1 aliphatic rings. The van der Waals surface area contributed by atoms with E-state index in [1.807, 2.05) is 0 Å². The number of nitrogens with one attached hydrogen (secondary N) is 1. The Hall–Kier alpha value is -2.35. The summed E-state index contributed by atoms with van der Waals surface area (Å²) in [5.41, 5.74) is 0.115. The van der Waals surface area contributed by atoms with E-state index in [1.165, 1.54) is 0 Å². The van der Waals surface area contributed by atoms with Crippen LogP contribution in [0.25, 0.3) is 0 Å². The van der Waals surface area contributed by atoms with Crippen LogP contribution in [0.2, 0.25) is 0 Å². The van der Waals surface area contributed by atoms with Crippen molar-refractivity contribution in [3.63, 3.8) is 0 Å². The van der Waals surface area contributed by atoms with Crippen LogP contribution >= 0.6 is 0 Å². The van der Waals surface area contributed by atoms with Gasteiger partial charge in [0, 0.05) is 6.07 Å². The Morgan fingerprint density at radius 1 is 1.21 bits per heavy atom. The lowest BCUT2D eigenvalue weighted by Gasteiger charge is -2.10. The van der Waals surface area contributed by atoms with Gasteiger partial charge in [0.2, 0.25) is 0 Å². The molecule has 0 saturated carbocycles. The molecule has 1 N–H and O–H groups in total. The quantitative estimate of drug-likeness (QED) is 0.591. The van der Waals surface area contributed by atoms with E-state index in [4.69, 9.17) is 0 Å². The number of nitrogens with zero attached hydrogens (tertiary/aromatic N) is 3. The fourth-order valence-electron chi connectivity index (χ4n) is 1.23.